The van der Waals surface area contributed by atoms with Gasteiger partial charge in [-0.25, -0.2) is 14.6 Å². The molecule has 3 amide bonds. The number of rotatable bonds is 4. The molecule has 0 aliphatic heterocycles. The molecular formula is C18H22N4O6. The Bertz CT molecular complexity index is 986. The number of esters is 1. The van der Waals surface area contributed by atoms with E-state index in [-0.39, 0.29) is 28.5 Å². The summed E-state index contributed by atoms with van der Waals surface area (Å²) in [6.07, 6.45) is 3.87. The Hall–Kier alpha value is -3.17. The number of amides is 3. The van der Waals surface area contributed by atoms with Gasteiger partial charge in [-0.3, -0.25) is 14.9 Å². The first-order valence-corrected chi connectivity index (χ1v) is 9.05. The Labute approximate surface area is 160 Å². The average molecular weight is 390 g/mol. The minimum absolute atomic E-state index is 0.0144. The van der Waals surface area contributed by atoms with Gasteiger partial charge in [0.2, 0.25) is 5.71 Å². The highest BCUT2D eigenvalue weighted by Crippen LogP contribution is 2.22. The lowest BCUT2D eigenvalue weighted by atomic mass is 10.2. The van der Waals surface area contributed by atoms with Crippen molar-refractivity contribution in [2.24, 2.45) is 7.05 Å². The second-order valence-electron chi connectivity index (χ2n) is 6.87. The number of imide groups is 1. The number of carbonyl (C=O) groups is 3. The van der Waals surface area contributed by atoms with Crippen LogP contribution in [0.5, 0.6) is 0 Å². The summed E-state index contributed by atoms with van der Waals surface area (Å²) in [4.78, 5) is 52.9. The topological polar surface area (TPSA) is 133 Å². The van der Waals surface area contributed by atoms with E-state index in [1.807, 2.05) is 0 Å². The monoisotopic (exact) mass is 390 g/mol. The van der Waals surface area contributed by atoms with E-state index in [0.717, 1.165) is 25.7 Å². The molecule has 10 nitrogen and oxygen atoms in total. The third kappa shape index (κ3) is 3.90. The molecule has 1 aliphatic carbocycles. The maximum atomic E-state index is 12.5. The molecule has 0 bridgehead atoms. The number of aromatic nitrogens is 2. The molecule has 1 aliphatic rings. The molecule has 1 fully saturated rings. The van der Waals surface area contributed by atoms with Crippen LogP contribution in [-0.2, 0) is 16.6 Å². The van der Waals surface area contributed by atoms with Crippen LogP contribution in [0, 0.1) is 6.92 Å². The van der Waals surface area contributed by atoms with Gasteiger partial charge < -0.3 is 19.0 Å². The van der Waals surface area contributed by atoms with Crippen molar-refractivity contribution in [1.29, 1.82) is 0 Å². The molecule has 0 spiro atoms. The lowest BCUT2D eigenvalue weighted by Crippen LogP contribution is -2.47. The molecule has 0 saturated heterocycles. The molecule has 10 heteroatoms. The first-order valence-electron chi connectivity index (χ1n) is 9.05. The average Bonchev–Trinajstić information content (AvgIpc) is 3.25. The summed E-state index contributed by atoms with van der Waals surface area (Å²) < 4.78 is 11.7. The Balaban J connectivity index is 1.68. The molecule has 0 radical (unpaired) electrons. The van der Waals surface area contributed by atoms with Crippen LogP contribution in [0.2, 0.25) is 0 Å². The van der Waals surface area contributed by atoms with Crippen molar-refractivity contribution in [1.82, 2.24) is 20.2 Å². The van der Waals surface area contributed by atoms with Crippen LogP contribution >= 0.6 is 0 Å². The predicted molar refractivity (Wildman–Crippen MR) is 97.8 cm³/mol. The maximum Gasteiger partial charge on any atom is 0.343 e. The highest BCUT2D eigenvalue weighted by molar-refractivity contribution is 6.04. The number of hydrogen-bond donors (Lipinski definition) is 2. The van der Waals surface area contributed by atoms with Gasteiger partial charge in [-0.05, 0) is 26.7 Å². The molecule has 2 N–H and O–H groups in total. The standard InChI is InChI=1S/C18H22N4O6/c1-9-12(13-15(27-9)19-8-22(3)16(13)24)17(25)28-10(2)14(23)21-18(26)20-11-6-4-5-7-11/h8,10-11H,4-7H2,1-3H3,(H2,20,21,23,26). The summed E-state index contributed by atoms with van der Waals surface area (Å²) in [5, 5.41) is 4.86. The van der Waals surface area contributed by atoms with Crippen LogP contribution in [0.3, 0.4) is 0 Å². The van der Waals surface area contributed by atoms with Gasteiger partial charge in [-0.15, -0.1) is 0 Å². The SMILES string of the molecule is Cc1oc2ncn(C)c(=O)c2c1C(=O)OC(C)C(=O)NC(=O)NC1CCCC1. The number of aryl methyl sites for hydroxylation is 2. The second-order valence-corrected chi connectivity index (χ2v) is 6.87. The lowest BCUT2D eigenvalue weighted by Gasteiger charge is -2.15. The molecule has 2 aromatic rings. The molecule has 150 valence electrons. The summed E-state index contributed by atoms with van der Waals surface area (Å²) in [5.41, 5.74) is -0.541. The summed E-state index contributed by atoms with van der Waals surface area (Å²) in [6.45, 7) is 2.83. The highest BCUT2D eigenvalue weighted by atomic mass is 16.5. The summed E-state index contributed by atoms with van der Waals surface area (Å²) in [6, 6.07) is -0.572. The number of urea groups is 1. The first-order chi connectivity index (χ1) is 13.3. The van der Waals surface area contributed by atoms with Crippen molar-refractivity contribution in [3.05, 3.63) is 28.0 Å². The lowest BCUT2D eigenvalue weighted by molar-refractivity contribution is -0.127. The smallest absolute Gasteiger partial charge is 0.343 e. The molecule has 3 rings (SSSR count). The van der Waals surface area contributed by atoms with Gasteiger partial charge in [0, 0.05) is 13.1 Å². The summed E-state index contributed by atoms with van der Waals surface area (Å²) in [7, 11) is 1.49. The van der Waals surface area contributed by atoms with Crippen LogP contribution in [0.4, 0.5) is 4.79 Å². The number of ether oxygens (including phenoxy) is 1. The van der Waals surface area contributed by atoms with Crippen LogP contribution in [-0.4, -0.2) is 39.6 Å². The fraction of sp³-hybridized carbons (Fsp3) is 0.500. The van der Waals surface area contributed by atoms with Crippen molar-refractivity contribution in [2.45, 2.75) is 51.7 Å². The fourth-order valence-electron chi connectivity index (χ4n) is 3.21. The van der Waals surface area contributed by atoms with E-state index in [9.17, 15) is 19.2 Å². The summed E-state index contributed by atoms with van der Waals surface area (Å²) >= 11 is 0. The minimum Gasteiger partial charge on any atom is -0.449 e. The molecule has 2 heterocycles. The van der Waals surface area contributed by atoms with Crippen LogP contribution in [0.15, 0.2) is 15.5 Å². The number of furan rings is 1. The second kappa shape index (κ2) is 7.83. The van der Waals surface area contributed by atoms with Gasteiger partial charge in [0.15, 0.2) is 6.10 Å². The zero-order valence-corrected chi connectivity index (χ0v) is 15.9. The van der Waals surface area contributed by atoms with E-state index in [1.165, 1.54) is 31.8 Å². The third-order valence-corrected chi connectivity index (χ3v) is 4.73. The normalized spacial score (nSPS) is 15.4. The Morgan fingerprint density at radius 2 is 2.00 bits per heavy atom. The molecule has 28 heavy (non-hydrogen) atoms. The summed E-state index contributed by atoms with van der Waals surface area (Å²) in [5.74, 6) is -1.51. The minimum atomic E-state index is -1.24. The van der Waals surface area contributed by atoms with Gasteiger partial charge in [0.25, 0.3) is 11.5 Å². The quantitative estimate of drug-likeness (QED) is 0.748. The molecule has 1 atom stereocenters. The van der Waals surface area contributed by atoms with Crippen molar-refractivity contribution in [3.8, 4) is 0 Å². The zero-order valence-electron chi connectivity index (χ0n) is 15.9. The van der Waals surface area contributed by atoms with Crippen molar-refractivity contribution in [3.63, 3.8) is 0 Å². The van der Waals surface area contributed by atoms with Gasteiger partial charge in [-0.1, -0.05) is 12.8 Å². The van der Waals surface area contributed by atoms with Crippen LogP contribution < -0.4 is 16.2 Å². The molecular weight excluding hydrogens is 368 g/mol. The van der Waals surface area contributed by atoms with Gasteiger partial charge >= 0.3 is 12.0 Å². The van der Waals surface area contributed by atoms with Crippen molar-refractivity contribution < 1.29 is 23.5 Å². The molecule has 2 aromatic heterocycles. The van der Waals surface area contributed by atoms with Gasteiger partial charge in [0.1, 0.15) is 23.0 Å². The number of nitrogens with zero attached hydrogens (tertiary/aromatic N) is 2. The molecule has 0 aromatic carbocycles. The van der Waals surface area contributed by atoms with Crippen LogP contribution in [0.25, 0.3) is 11.1 Å². The van der Waals surface area contributed by atoms with E-state index in [2.05, 4.69) is 15.6 Å². The fourth-order valence-corrected chi connectivity index (χ4v) is 3.21. The highest BCUT2D eigenvalue weighted by Gasteiger charge is 2.28. The predicted octanol–water partition coefficient (Wildman–Crippen LogP) is 1.15. The van der Waals surface area contributed by atoms with E-state index >= 15 is 0 Å². The van der Waals surface area contributed by atoms with E-state index < -0.39 is 29.6 Å². The number of fused-ring (bicyclic) bond motifs is 1. The van der Waals surface area contributed by atoms with E-state index in [4.69, 9.17) is 9.15 Å². The van der Waals surface area contributed by atoms with Crippen molar-refractivity contribution in [2.75, 3.05) is 0 Å². The van der Waals surface area contributed by atoms with E-state index in [1.54, 1.807) is 0 Å². The van der Waals surface area contributed by atoms with Crippen molar-refractivity contribution >= 4 is 29.0 Å². The maximum absolute atomic E-state index is 12.5. The number of carbonyl (C=O) groups excluding carboxylic acids is 3. The zero-order chi connectivity index (χ0) is 20.4. The number of hydrogen-bond acceptors (Lipinski definition) is 7. The van der Waals surface area contributed by atoms with Gasteiger partial charge in [-0.2, -0.15) is 0 Å². The Morgan fingerprint density at radius 3 is 2.68 bits per heavy atom. The first kappa shape index (κ1) is 19.6. The Kier molecular flexibility index (Phi) is 5.48. The van der Waals surface area contributed by atoms with E-state index in [0.29, 0.717) is 0 Å². The molecule has 1 saturated carbocycles. The molecule has 1 unspecified atom stereocenters. The van der Waals surface area contributed by atoms with Crippen LogP contribution in [0.1, 0.15) is 48.7 Å². The van der Waals surface area contributed by atoms with Gasteiger partial charge in [0.05, 0.1) is 0 Å². The largest absolute Gasteiger partial charge is 0.449 e. The third-order valence-electron chi connectivity index (χ3n) is 4.73. The number of nitrogens with one attached hydrogen (secondary N) is 2. The Morgan fingerprint density at radius 1 is 1.32 bits per heavy atom.